The minimum Gasteiger partial charge on any atom is -0.324 e. The second-order valence-corrected chi connectivity index (χ2v) is 13.0. The molecule has 0 fully saturated rings. The SMILES string of the molecule is CC(C)(C)C(=O)Nc1ccccc1N(c1ccccc1NC(=O)C(C)(C)C)c1ccccc1NC(=O)C(C)(C)C. The Morgan fingerprint density at radius 2 is 0.675 bits per heavy atom. The molecule has 3 rings (SSSR count). The van der Waals surface area contributed by atoms with Gasteiger partial charge in [0.15, 0.2) is 0 Å². The number of benzene rings is 3. The lowest BCUT2D eigenvalue weighted by atomic mass is 9.95. The fourth-order valence-electron chi connectivity index (χ4n) is 3.64. The third-order valence-electron chi connectivity index (χ3n) is 6.22. The van der Waals surface area contributed by atoms with Gasteiger partial charge in [0.05, 0.1) is 34.1 Å². The van der Waals surface area contributed by atoms with E-state index in [1.165, 1.54) is 0 Å². The summed E-state index contributed by atoms with van der Waals surface area (Å²) in [6.45, 7) is 16.7. The summed E-state index contributed by atoms with van der Waals surface area (Å²) in [5.74, 6) is -0.407. The molecule has 0 atom stereocenters. The molecule has 40 heavy (non-hydrogen) atoms. The van der Waals surface area contributed by atoms with Crippen LogP contribution in [-0.2, 0) is 14.4 Å². The summed E-state index contributed by atoms with van der Waals surface area (Å²) >= 11 is 0. The predicted octanol–water partition coefficient (Wildman–Crippen LogP) is 8.11. The molecule has 0 radical (unpaired) electrons. The maximum Gasteiger partial charge on any atom is 0.229 e. The Balaban J connectivity index is 2.29. The fraction of sp³-hybridized carbons (Fsp3) is 0.364. The number of hydrogen-bond acceptors (Lipinski definition) is 4. The molecule has 0 bridgehead atoms. The zero-order chi connectivity index (χ0) is 29.9. The van der Waals surface area contributed by atoms with Crippen LogP contribution in [-0.4, -0.2) is 17.7 Å². The number of hydrogen-bond donors (Lipinski definition) is 3. The standard InChI is InChI=1S/C33H42N4O3/c1-31(2,3)28(38)34-22-16-10-13-19-25(22)37(26-20-14-11-17-23(26)35-29(39)32(4,5)6)27-21-15-12-18-24(27)36-30(40)33(7,8)9/h10-21H,1-9H3,(H,34,38)(H,35,39)(H,36,40). The Bertz CT molecular complexity index is 1220. The molecular weight excluding hydrogens is 500 g/mol. The Morgan fingerprint density at radius 3 is 0.900 bits per heavy atom. The van der Waals surface area contributed by atoms with Crippen molar-refractivity contribution in [1.29, 1.82) is 0 Å². The minimum atomic E-state index is -0.616. The van der Waals surface area contributed by atoms with Gasteiger partial charge >= 0.3 is 0 Å². The van der Waals surface area contributed by atoms with Crippen LogP contribution in [0.25, 0.3) is 0 Å². The van der Waals surface area contributed by atoms with Crippen molar-refractivity contribution >= 4 is 51.8 Å². The first kappa shape index (κ1) is 30.4. The molecule has 7 heteroatoms. The van der Waals surface area contributed by atoms with Gasteiger partial charge in [0.1, 0.15) is 0 Å². The van der Waals surface area contributed by atoms with Gasteiger partial charge < -0.3 is 20.9 Å². The predicted molar refractivity (Wildman–Crippen MR) is 165 cm³/mol. The summed E-state index contributed by atoms with van der Waals surface area (Å²) in [7, 11) is 0. The van der Waals surface area contributed by atoms with E-state index in [0.29, 0.717) is 34.1 Å². The molecule has 0 aliphatic carbocycles. The second kappa shape index (κ2) is 11.5. The van der Waals surface area contributed by atoms with Crippen LogP contribution in [0.3, 0.4) is 0 Å². The molecular formula is C33H42N4O3. The highest BCUT2D eigenvalue weighted by Gasteiger charge is 2.29. The Morgan fingerprint density at radius 1 is 0.450 bits per heavy atom. The van der Waals surface area contributed by atoms with Crippen molar-refractivity contribution in [2.24, 2.45) is 16.2 Å². The highest BCUT2D eigenvalue weighted by Crippen LogP contribution is 2.45. The molecule has 0 saturated heterocycles. The lowest BCUT2D eigenvalue weighted by Crippen LogP contribution is -2.30. The summed E-state index contributed by atoms with van der Waals surface area (Å²) in [4.78, 5) is 41.2. The molecule has 3 aromatic carbocycles. The van der Waals surface area contributed by atoms with Crippen LogP contribution in [0, 0.1) is 16.2 Å². The monoisotopic (exact) mass is 542 g/mol. The largest absolute Gasteiger partial charge is 0.324 e. The third-order valence-corrected chi connectivity index (χ3v) is 6.22. The zero-order valence-electron chi connectivity index (χ0n) is 25.1. The van der Waals surface area contributed by atoms with Crippen LogP contribution in [0.4, 0.5) is 34.1 Å². The second-order valence-electron chi connectivity index (χ2n) is 13.0. The molecule has 3 N–H and O–H groups in total. The number of rotatable bonds is 6. The Labute approximate surface area is 238 Å². The zero-order valence-corrected chi connectivity index (χ0v) is 25.1. The van der Waals surface area contributed by atoms with Gasteiger partial charge in [-0.05, 0) is 36.4 Å². The van der Waals surface area contributed by atoms with E-state index in [4.69, 9.17) is 0 Å². The summed E-state index contributed by atoms with van der Waals surface area (Å²) in [6, 6.07) is 22.5. The molecule has 0 aliphatic rings. The summed E-state index contributed by atoms with van der Waals surface area (Å²) in [6.07, 6.45) is 0. The smallest absolute Gasteiger partial charge is 0.229 e. The van der Waals surface area contributed by atoms with Gasteiger partial charge in [0, 0.05) is 16.2 Å². The number of nitrogens with one attached hydrogen (secondary N) is 3. The van der Waals surface area contributed by atoms with Gasteiger partial charge in [-0.25, -0.2) is 0 Å². The molecule has 3 amide bonds. The van der Waals surface area contributed by atoms with Crippen LogP contribution in [0.2, 0.25) is 0 Å². The van der Waals surface area contributed by atoms with E-state index in [-0.39, 0.29) is 17.7 Å². The van der Waals surface area contributed by atoms with Crippen molar-refractivity contribution in [3.8, 4) is 0 Å². The molecule has 7 nitrogen and oxygen atoms in total. The molecule has 212 valence electrons. The van der Waals surface area contributed by atoms with E-state index in [0.717, 1.165) is 0 Å². The first-order valence-electron chi connectivity index (χ1n) is 13.5. The van der Waals surface area contributed by atoms with Gasteiger partial charge in [-0.1, -0.05) is 98.7 Å². The van der Waals surface area contributed by atoms with Crippen molar-refractivity contribution in [2.75, 3.05) is 20.9 Å². The average Bonchev–Trinajstić information content (AvgIpc) is 2.85. The van der Waals surface area contributed by atoms with Gasteiger partial charge in [0.2, 0.25) is 17.7 Å². The van der Waals surface area contributed by atoms with Crippen molar-refractivity contribution in [2.45, 2.75) is 62.3 Å². The summed E-state index contributed by atoms with van der Waals surface area (Å²) < 4.78 is 0. The highest BCUT2D eigenvalue weighted by molar-refractivity contribution is 6.05. The number of anilines is 6. The maximum atomic E-state index is 13.1. The van der Waals surface area contributed by atoms with Crippen LogP contribution < -0.4 is 20.9 Å². The van der Waals surface area contributed by atoms with Gasteiger partial charge in [-0.2, -0.15) is 0 Å². The van der Waals surface area contributed by atoms with Crippen molar-refractivity contribution in [3.63, 3.8) is 0 Å². The molecule has 0 heterocycles. The number of amides is 3. The Kier molecular flexibility index (Phi) is 8.78. The highest BCUT2D eigenvalue weighted by atomic mass is 16.2. The molecule has 0 aliphatic heterocycles. The van der Waals surface area contributed by atoms with Gasteiger partial charge in [-0.3, -0.25) is 14.4 Å². The Hall–Kier alpha value is -4.13. The average molecular weight is 543 g/mol. The molecule has 0 saturated carbocycles. The summed E-state index contributed by atoms with van der Waals surface area (Å²) in [5.41, 5.74) is 1.96. The van der Waals surface area contributed by atoms with Crippen molar-refractivity contribution < 1.29 is 14.4 Å². The lowest BCUT2D eigenvalue weighted by Gasteiger charge is -2.32. The lowest BCUT2D eigenvalue weighted by molar-refractivity contribution is -0.123. The van der Waals surface area contributed by atoms with Crippen LogP contribution in [0.15, 0.2) is 72.8 Å². The first-order chi connectivity index (χ1) is 18.5. The molecule has 0 spiro atoms. The third kappa shape index (κ3) is 7.29. The van der Waals surface area contributed by atoms with Crippen molar-refractivity contribution in [1.82, 2.24) is 0 Å². The fourth-order valence-corrected chi connectivity index (χ4v) is 3.64. The van der Waals surface area contributed by atoms with E-state index >= 15 is 0 Å². The number of nitrogens with zero attached hydrogens (tertiary/aromatic N) is 1. The van der Waals surface area contributed by atoms with E-state index in [1.54, 1.807) is 0 Å². The maximum absolute atomic E-state index is 13.1. The van der Waals surface area contributed by atoms with Crippen LogP contribution >= 0.6 is 0 Å². The summed E-state index contributed by atoms with van der Waals surface area (Å²) in [5, 5.41) is 9.25. The number of para-hydroxylation sites is 6. The van der Waals surface area contributed by atoms with E-state index in [2.05, 4.69) is 16.0 Å². The normalized spacial score (nSPS) is 11.9. The van der Waals surface area contributed by atoms with Gasteiger partial charge in [-0.15, -0.1) is 0 Å². The van der Waals surface area contributed by atoms with Crippen LogP contribution in [0.5, 0.6) is 0 Å². The number of carbonyl (C=O) groups excluding carboxylic acids is 3. The topological polar surface area (TPSA) is 90.5 Å². The van der Waals surface area contributed by atoms with E-state index in [1.807, 2.05) is 140 Å². The minimum absolute atomic E-state index is 0.136. The first-order valence-corrected chi connectivity index (χ1v) is 13.5. The van der Waals surface area contributed by atoms with Gasteiger partial charge in [0.25, 0.3) is 0 Å². The molecule has 0 unspecified atom stereocenters. The molecule has 3 aromatic rings. The van der Waals surface area contributed by atoms with E-state index < -0.39 is 16.2 Å². The quantitative estimate of drug-likeness (QED) is 0.293. The van der Waals surface area contributed by atoms with E-state index in [9.17, 15) is 14.4 Å². The molecule has 0 aromatic heterocycles. The number of carbonyl (C=O) groups is 3. The van der Waals surface area contributed by atoms with Crippen LogP contribution in [0.1, 0.15) is 62.3 Å². The van der Waals surface area contributed by atoms with Crippen molar-refractivity contribution in [3.05, 3.63) is 72.8 Å².